The van der Waals surface area contributed by atoms with Crippen LogP contribution in [0.1, 0.15) is 30.5 Å². The number of hydrogen-bond donors (Lipinski definition) is 1. The van der Waals surface area contributed by atoms with Crippen molar-refractivity contribution in [1.29, 1.82) is 0 Å². The van der Waals surface area contributed by atoms with Crippen molar-refractivity contribution in [2.75, 3.05) is 30.5 Å². The van der Waals surface area contributed by atoms with Crippen LogP contribution in [0.15, 0.2) is 65.0 Å². The molecule has 0 radical (unpaired) electrons. The maximum atomic E-state index is 14.1. The van der Waals surface area contributed by atoms with Gasteiger partial charge in [-0.1, -0.05) is 48.4 Å². The number of nitrogen functional groups attached to an aromatic ring is 1. The van der Waals surface area contributed by atoms with Crippen molar-refractivity contribution in [3.8, 4) is 28.1 Å². The summed E-state index contributed by atoms with van der Waals surface area (Å²) < 4.78 is 34.8. The van der Waals surface area contributed by atoms with E-state index in [1.54, 1.807) is 28.3 Å². The van der Waals surface area contributed by atoms with E-state index in [9.17, 15) is 13.2 Å². The number of benzene rings is 2. The van der Waals surface area contributed by atoms with Crippen LogP contribution in [-0.4, -0.2) is 53.0 Å². The lowest BCUT2D eigenvalue weighted by Gasteiger charge is -2.21. The summed E-state index contributed by atoms with van der Waals surface area (Å²) >= 11 is 7.86. The molecule has 0 unspecified atom stereocenters. The van der Waals surface area contributed by atoms with Crippen molar-refractivity contribution in [2.24, 2.45) is 0 Å². The van der Waals surface area contributed by atoms with Gasteiger partial charge < -0.3 is 10.5 Å². The number of hydrogen-bond acceptors (Lipinski definition) is 9. The second kappa shape index (κ2) is 11.5. The minimum atomic E-state index is -3.60. The Kier molecular flexibility index (Phi) is 7.79. The molecule has 0 saturated carbocycles. The molecule has 0 amide bonds. The van der Waals surface area contributed by atoms with Gasteiger partial charge in [-0.15, -0.1) is 11.3 Å². The number of nitrogens with two attached hydrogens (primary N) is 1. The van der Waals surface area contributed by atoms with Crippen LogP contribution in [0.3, 0.4) is 0 Å². The highest BCUT2D eigenvalue weighted by molar-refractivity contribution is 7.92. The zero-order valence-corrected chi connectivity index (χ0v) is 27.5. The Hall–Kier alpha value is -4.46. The predicted octanol–water partition coefficient (Wildman–Crippen LogP) is 5.78. The third-order valence-corrected chi connectivity index (χ3v) is 10.3. The number of aryl methyl sites for hydroxylation is 1. The summed E-state index contributed by atoms with van der Waals surface area (Å²) in [5.41, 5.74) is 11.1. The van der Waals surface area contributed by atoms with Crippen molar-refractivity contribution in [3.63, 3.8) is 0 Å². The number of sulfonamides is 1. The first kappa shape index (κ1) is 30.6. The Morgan fingerprint density at radius 1 is 1.13 bits per heavy atom. The first-order valence-corrected chi connectivity index (χ1v) is 17.1. The minimum absolute atomic E-state index is 0.212. The summed E-state index contributed by atoms with van der Waals surface area (Å²) in [6.45, 7) is 3.99. The third-order valence-electron chi connectivity index (χ3n) is 7.85. The predicted molar refractivity (Wildman–Crippen MR) is 180 cm³/mol. The molecule has 11 nitrogen and oxygen atoms in total. The van der Waals surface area contributed by atoms with E-state index < -0.39 is 16.1 Å². The molecule has 0 saturated heterocycles. The molecule has 6 rings (SSSR count). The Balaban J connectivity index is 1.64. The number of anilines is 2. The Labute approximate surface area is 268 Å². The van der Waals surface area contributed by atoms with Crippen LogP contribution in [-0.2, 0) is 10.0 Å². The summed E-state index contributed by atoms with van der Waals surface area (Å²) in [6, 6.07) is 14.5. The fourth-order valence-electron chi connectivity index (χ4n) is 5.61. The van der Waals surface area contributed by atoms with E-state index in [1.807, 2.05) is 44.2 Å². The SMILES string of the molecule is CC[C@@H](c1cc2scc(Cl)n2c(=O)c1-c1cccc(C)c1)n1nc(-c2ccc(OC)c(N(C)S(C)(=O)=O)c2)c2c(N)ncnc21. The van der Waals surface area contributed by atoms with Gasteiger partial charge in [0.05, 0.1) is 36.0 Å². The zero-order chi connectivity index (χ0) is 32.2. The van der Waals surface area contributed by atoms with Gasteiger partial charge in [0.15, 0.2) is 5.65 Å². The molecular weight excluding hydrogens is 634 g/mol. The third kappa shape index (κ3) is 5.20. The molecular formula is C31H30ClN7O4S2. The average molecular weight is 664 g/mol. The van der Waals surface area contributed by atoms with Crippen LogP contribution in [0.5, 0.6) is 5.75 Å². The smallest absolute Gasteiger partial charge is 0.265 e. The molecule has 4 aromatic heterocycles. The summed E-state index contributed by atoms with van der Waals surface area (Å²) in [5, 5.41) is 7.64. The summed E-state index contributed by atoms with van der Waals surface area (Å²) in [5.74, 6) is 0.585. The van der Waals surface area contributed by atoms with Crippen molar-refractivity contribution in [3.05, 3.63) is 86.9 Å². The summed E-state index contributed by atoms with van der Waals surface area (Å²) in [7, 11) is -0.673. The van der Waals surface area contributed by atoms with Gasteiger partial charge in [-0.2, -0.15) is 5.10 Å². The number of thiazole rings is 1. The van der Waals surface area contributed by atoms with Gasteiger partial charge in [-0.25, -0.2) is 23.1 Å². The summed E-state index contributed by atoms with van der Waals surface area (Å²) in [4.78, 5) is 23.7. The molecule has 2 N–H and O–H groups in total. The molecule has 6 aromatic rings. The minimum Gasteiger partial charge on any atom is -0.495 e. The maximum absolute atomic E-state index is 14.1. The van der Waals surface area contributed by atoms with Gasteiger partial charge in [0, 0.05) is 18.0 Å². The van der Waals surface area contributed by atoms with Gasteiger partial charge in [0.1, 0.15) is 33.6 Å². The van der Waals surface area contributed by atoms with E-state index in [1.165, 1.54) is 36.2 Å². The highest BCUT2D eigenvalue weighted by Crippen LogP contribution is 2.40. The molecule has 0 aliphatic rings. The number of pyridine rings is 1. The van der Waals surface area contributed by atoms with Crippen LogP contribution in [0.4, 0.5) is 11.5 Å². The summed E-state index contributed by atoms with van der Waals surface area (Å²) in [6.07, 6.45) is 3.05. The Morgan fingerprint density at radius 3 is 2.60 bits per heavy atom. The van der Waals surface area contributed by atoms with E-state index >= 15 is 0 Å². The van der Waals surface area contributed by atoms with Crippen molar-refractivity contribution >= 4 is 60.3 Å². The molecule has 45 heavy (non-hydrogen) atoms. The van der Waals surface area contributed by atoms with Gasteiger partial charge in [0.2, 0.25) is 10.0 Å². The number of aromatic nitrogens is 5. The second-order valence-corrected chi connectivity index (χ2v) is 14.0. The lowest BCUT2D eigenvalue weighted by molar-refractivity contribution is 0.416. The molecule has 232 valence electrons. The lowest BCUT2D eigenvalue weighted by atomic mass is 9.94. The largest absolute Gasteiger partial charge is 0.495 e. The van der Waals surface area contributed by atoms with Gasteiger partial charge in [-0.05, 0) is 48.7 Å². The highest BCUT2D eigenvalue weighted by Gasteiger charge is 2.28. The van der Waals surface area contributed by atoms with Crippen LogP contribution in [0.25, 0.3) is 38.2 Å². The molecule has 0 spiro atoms. The fourth-order valence-corrected chi connectivity index (χ4v) is 7.27. The molecule has 0 bridgehead atoms. The molecule has 0 fully saturated rings. The molecule has 2 aromatic carbocycles. The molecule has 1 atom stereocenters. The van der Waals surface area contributed by atoms with E-state index in [-0.39, 0.29) is 11.4 Å². The van der Waals surface area contributed by atoms with Gasteiger partial charge in [0.25, 0.3) is 5.56 Å². The number of halogens is 1. The van der Waals surface area contributed by atoms with Crippen LogP contribution >= 0.6 is 22.9 Å². The number of nitrogens with zero attached hydrogens (tertiary/aromatic N) is 6. The lowest BCUT2D eigenvalue weighted by Crippen LogP contribution is -2.25. The molecule has 14 heteroatoms. The maximum Gasteiger partial charge on any atom is 0.265 e. The highest BCUT2D eigenvalue weighted by atomic mass is 35.5. The van der Waals surface area contributed by atoms with E-state index in [0.29, 0.717) is 55.7 Å². The first-order valence-electron chi connectivity index (χ1n) is 13.9. The van der Waals surface area contributed by atoms with E-state index in [4.69, 9.17) is 27.2 Å². The van der Waals surface area contributed by atoms with Crippen molar-refractivity contribution in [2.45, 2.75) is 26.3 Å². The number of methoxy groups -OCH3 is 1. The van der Waals surface area contributed by atoms with E-state index in [2.05, 4.69) is 9.97 Å². The normalized spacial score (nSPS) is 12.6. The molecule has 0 aliphatic heterocycles. The van der Waals surface area contributed by atoms with Crippen LogP contribution in [0.2, 0.25) is 5.15 Å². The first-order chi connectivity index (χ1) is 21.4. The quantitative estimate of drug-likeness (QED) is 0.216. The van der Waals surface area contributed by atoms with Gasteiger partial charge in [-0.3, -0.25) is 13.5 Å². The monoisotopic (exact) mass is 663 g/mol. The second-order valence-electron chi connectivity index (χ2n) is 10.7. The standard InChI is InChI=1S/C31H30ClN7O4S2/c1-6-21(20-14-25-38(24(32)15-44-25)31(40)26(20)18-9-7-8-17(2)12-18)39-30-27(29(33)34-16-35-30)28(36-39)19-10-11-23(43-4)22(13-19)37(3)45(5,41)42/h7-16,21H,6H2,1-5H3,(H2,33,34,35)/t21-/m0/s1. The number of ether oxygens (including phenoxy) is 1. The van der Waals surface area contributed by atoms with Gasteiger partial charge >= 0.3 is 0 Å². The van der Waals surface area contributed by atoms with E-state index in [0.717, 1.165) is 27.3 Å². The fraction of sp³-hybridized carbons (Fsp3) is 0.226. The van der Waals surface area contributed by atoms with Crippen LogP contribution in [0, 0.1) is 6.92 Å². The Bertz CT molecular complexity index is 2280. The Morgan fingerprint density at radius 2 is 1.91 bits per heavy atom. The number of fused-ring (bicyclic) bond motifs is 2. The zero-order valence-electron chi connectivity index (χ0n) is 25.1. The molecule has 0 aliphatic carbocycles. The van der Waals surface area contributed by atoms with Crippen molar-refractivity contribution < 1.29 is 13.2 Å². The van der Waals surface area contributed by atoms with Crippen molar-refractivity contribution in [1.82, 2.24) is 24.1 Å². The average Bonchev–Trinajstić information content (AvgIpc) is 3.58. The number of rotatable bonds is 8. The topological polar surface area (TPSA) is 138 Å². The molecule has 4 heterocycles. The van der Waals surface area contributed by atoms with Crippen LogP contribution < -0.4 is 20.3 Å².